The molecule has 25 heavy (non-hydrogen) atoms. The monoisotopic (exact) mass is 341 g/mol. The summed E-state index contributed by atoms with van der Waals surface area (Å²) in [7, 11) is 0. The molecule has 1 aliphatic carbocycles. The highest BCUT2D eigenvalue weighted by Crippen LogP contribution is 2.27. The molecule has 2 N–H and O–H groups in total. The number of amides is 2. The summed E-state index contributed by atoms with van der Waals surface area (Å²) in [6.45, 7) is 1.69. The summed E-state index contributed by atoms with van der Waals surface area (Å²) in [6, 6.07) is 4.67. The summed E-state index contributed by atoms with van der Waals surface area (Å²) in [5.41, 5.74) is 0.549. The number of nitrogens with one attached hydrogen (secondary N) is 2. The lowest BCUT2D eigenvalue weighted by Gasteiger charge is -2.17. The van der Waals surface area contributed by atoms with Gasteiger partial charge >= 0.3 is 0 Å². The molecule has 2 amide bonds. The molecule has 2 heterocycles. The normalized spacial score (nSPS) is 15.7. The van der Waals surface area contributed by atoms with E-state index in [1.54, 1.807) is 48.4 Å². The number of carbonyl (C=O) groups excluding carboxylic acids is 2. The number of carbonyl (C=O) groups is 2. The Balaban J connectivity index is 1.59. The number of aromatic nitrogens is 3. The van der Waals surface area contributed by atoms with Crippen molar-refractivity contribution in [3.05, 3.63) is 36.8 Å². The van der Waals surface area contributed by atoms with Gasteiger partial charge in [0.1, 0.15) is 6.04 Å². The lowest BCUT2D eigenvalue weighted by molar-refractivity contribution is -0.126. The van der Waals surface area contributed by atoms with Crippen molar-refractivity contribution >= 4 is 17.5 Å². The molecule has 7 nitrogen and oxygen atoms in total. The second-order valence-electron chi connectivity index (χ2n) is 6.46. The fourth-order valence-corrected chi connectivity index (χ4v) is 3.15. The zero-order valence-corrected chi connectivity index (χ0v) is 14.3. The third-order valence-electron chi connectivity index (χ3n) is 4.49. The molecule has 1 aliphatic rings. The van der Waals surface area contributed by atoms with E-state index in [2.05, 4.69) is 20.7 Å². The number of pyridine rings is 1. The van der Waals surface area contributed by atoms with Crippen LogP contribution in [0, 0.1) is 5.92 Å². The average Bonchev–Trinajstić information content (AvgIpc) is 3.28. The van der Waals surface area contributed by atoms with Crippen LogP contribution in [0.1, 0.15) is 39.0 Å². The van der Waals surface area contributed by atoms with Gasteiger partial charge in [-0.2, -0.15) is 5.10 Å². The molecule has 0 saturated heterocycles. The summed E-state index contributed by atoms with van der Waals surface area (Å²) in [4.78, 5) is 28.8. The molecule has 1 atom stereocenters. The molecule has 3 rings (SSSR count). The van der Waals surface area contributed by atoms with E-state index in [4.69, 9.17) is 0 Å². The summed E-state index contributed by atoms with van der Waals surface area (Å²) >= 11 is 0. The maximum Gasteiger partial charge on any atom is 0.246 e. The Morgan fingerprint density at radius 2 is 2.08 bits per heavy atom. The van der Waals surface area contributed by atoms with Gasteiger partial charge in [0, 0.05) is 25.0 Å². The van der Waals surface area contributed by atoms with E-state index in [1.807, 2.05) is 0 Å². The predicted molar refractivity (Wildman–Crippen MR) is 94.2 cm³/mol. The van der Waals surface area contributed by atoms with E-state index in [9.17, 15) is 9.59 Å². The molecular formula is C18H23N5O2. The molecule has 1 fully saturated rings. The summed E-state index contributed by atoms with van der Waals surface area (Å²) in [5.74, 6) is 0.652. The molecule has 2 aromatic rings. The summed E-state index contributed by atoms with van der Waals surface area (Å²) in [6.07, 6.45) is 10.2. The van der Waals surface area contributed by atoms with Crippen LogP contribution in [0.25, 0.3) is 5.82 Å². The number of anilines is 1. The first-order valence-electron chi connectivity index (χ1n) is 8.69. The Labute approximate surface area is 146 Å². The van der Waals surface area contributed by atoms with Crippen molar-refractivity contribution in [3.63, 3.8) is 0 Å². The second kappa shape index (κ2) is 7.92. The highest BCUT2D eigenvalue weighted by molar-refractivity contribution is 5.98. The van der Waals surface area contributed by atoms with Gasteiger partial charge in [0.2, 0.25) is 11.8 Å². The van der Waals surface area contributed by atoms with Crippen molar-refractivity contribution in [1.29, 1.82) is 0 Å². The van der Waals surface area contributed by atoms with Crippen molar-refractivity contribution in [3.8, 4) is 5.82 Å². The maximum absolute atomic E-state index is 12.4. The predicted octanol–water partition coefficient (Wildman–Crippen LogP) is 2.29. The molecule has 1 saturated carbocycles. The number of hydrogen-bond acceptors (Lipinski definition) is 4. The summed E-state index contributed by atoms with van der Waals surface area (Å²) in [5, 5.41) is 9.75. The van der Waals surface area contributed by atoms with Crippen LogP contribution in [0.5, 0.6) is 0 Å². The first-order valence-corrected chi connectivity index (χ1v) is 8.69. The van der Waals surface area contributed by atoms with Gasteiger partial charge in [0.15, 0.2) is 5.82 Å². The lowest BCUT2D eigenvalue weighted by atomic mass is 10.0. The van der Waals surface area contributed by atoms with Crippen LogP contribution in [0.3, 0.4) is 0 Å². The lowest BCUT2D eigenvalue weighted by Crippen LogP contribution is -2.42. The Morgan fingerprint density at radius 3 is 2.80 bits per heavy atom. The second-order valence-corrected chi connectivity index (χ2v) is 6.46. The van der Waals surface area contributed by atoms with Crippen LogP contribution < -0.4 is 10.6 Å². The van der Waals surface area contributed by atoms with E-state index in [0.29, 0.717) is 23.8 Å². The SMILES string of the molecule is CC(NC(=O)CC1CCCC1)C(=O)Nc1cccnc1-n1cccn1. The van der Waals surface area contributed by atoms with E-state index < -0.39 is 6.04 Å². The Hall–Kier alpha value is -2.70. The van der Waals surface area contributed by atoms with Crippen LogP contribution in [0.4, 0.5) is 5.69 Å². The van der Waals surface area contributed by atoms with Crippen molar-refractivity contribution in [2.75, 3.05) is 5.32 Å². The number of nitrogens with zero attached hydrogens (tertiary/aromatic N) is 3. The summed E-state index contributed by atoms with van der Waals surface area (Å²) < 4.78 is 1.58. The molecule has 0 bridgehead atoms. The highest BCUT2D eigenvalue weighted by atomic mass is 16.2. The highest BCUT2D eigenvalue weighted by Gasteiger charge is 2.22. The topological polar surface area (TPSA) is 88.9 Å². The first-order chi connectivity index (χ1) is 12.1. The Bertz CT molecular complexity index is 723. The van der Waals surface area contributed by atoms with E-state index in [0.717, 1.165) is 12.8 Å². The molecular weight excluding hydrogens is 318 g/mol. The molecule has 0 aromatic carbocycles. The zero-order chi connectivity index (χ0) is 17.6. The fourth-order valence-electron chi connectivity index (χ4n) is 3.15. The molecule has 7 heteroatoms. The van der Waals surface area contributed by atoms with Gasteiger partial charge in [0.25, 0.3) is 0 Å². The quantitative estimate of drug-likeness (QED) is 0.844. The molecule has 0 radical (unpaired) electrons. The van der Waals surface area contributed by atoms with Gasteiger partial charge in [-0.15, -0.1) is 0 Å². The Morgan fingerprint density at radius 1 is 1.28 bits per heavy atom. The van der Waals surface area contributed by atoms with E-state index in [-0.39, 0.29) is 11.8 Å². The van der Waals surface area contributed by atoms with Gasteiger partial charge in [-0.25, -0.2) is 9.67 Å². The van der Waals surface area contributed by atoms with Crippen LogP contribution >= 0.6 is 0 Å². The smallest absolute Gasteiger partial charge is 0.246 e. The Kier molecular flexibility index (Phi) is 5.42. The average molecular weight is 341 g/mol. The van der Waals surface area contributed by atoms with E-state index >= 15 is 0 Å². The minimum Gasteiger partial charge on any atom is -0.345 e. The molecule has 1 unspecified atom stereocenters. The maximum atomic E-state index is 12.4. The number of rotatable bonds is 6. The van der Waals surface area contributed by atoms with E-state index in [1.165, 1.54) is 12.8 Å². The van der Waals surface area contributed by atoms with Crippen molar-refractivity contribution < 1.29 is 9.59 Å². The standard InChI is InChI=1S/C18H23N5O2/c1-13(21-16(24)12-14-6-2-3-7-14)18(25)22-15-8-4-9-19-17(15)23-11-5-10-20-23/h4-5,8-11,13-14H,2-3,6-7,12H2,1H3,(H,21,24)(H,22,25). The third-order valence-corrected chi connectivity index (χ3v) is 4.49. The minimum absolute atomic E-state index is 0.0620. The molecule has 0 aliphatic heterocycles. The largest absolute Gasteiger partial charge is 0.345 e. The molecule has 0 spiro atoms. The van der Waals surface area contributed by atoms with Crippen LogP contribution in [-0.4, -0.2) is 32.6 Å². The van der Waals surface area contributed by atoms with Crippen molar-refractivity contribution in [2.45, 2.75) is 45.1 Å². The fraction of sp³-hybridized carbons (Fsp3) is 0.444. The third kappa shape index (κ3) is 4.43. The molecule has 2 aromatic heterocycles. The van der Waals surface area contributed by atoms with Crippen LogP contribution in [0.15, 0.2) is 36.8 Å². The van der Waals surface area contributed by atoms with Gasteiger partial charge in [0.05, 0.1) is 5.69 Å². The van der Waals surface area contributed by atoms with Gasteiger partial charge in [-0.05, 0) is 43.9 Å². The molecule has 132 valence electrons. The minimum atomic E-state index is -0.611. The zero-order valence-electron chi connectivity index (χ0n) is 14.3. The first kappa shape index (κ1) is 17.1. The number of hydrogen-bond donors (Lipinski definition) is 2. The van der Waals surface area contributed by atoms with Gasteiger partial charge in [-0.1, -0.05) is 12.8 Å². The van der Waals surface area contributed by atoms with Crippen molar-refractivity contribution in [1.82, 2.24) is 20.1 Å². The van der Waals surface area contributed by atoms with Crippen LogP contribution in [0.2, 0.25) is 0 Å². The van der Waals surface area contributed by atoms with Crippen molar-refractivity contribution in [2.24, 2.45) is 5.92 Å². The van der Waals surface area contributed by atoms with Gasteiger partial charge < -0.3 is 10.6 Å². The van der Waals surface area contributed by atoms with Crippen LogP contribution in [-0.2, 0) is 9.59 Å². The van der Waals surface area contributed by atoms with Gasteiger partial charge in [-0.3, -0.25) is 9.59 Å².